The van der Waals surface area contributed by atoms with Crippen molar-refractivity contribution in [3.05, 3.63) is 0 Å². The van der Waals surface area contributed by atoms with E-state index in [1.165, 1.54) is 0 Å². The molecule has 3 heteroatoms. The van der Waals surface area contributed by atoms with Crippen LogP contribution in [0.5, 0.6) is 0 Å². The summed E-state index contributed by atoms with van der Waals surface area (Å²) in [7, 11) is 1.63. The molecule has 0 amide bonds. The Morgan fingerprint density at radius 1 is 1.57 bits per heavy atom. The number of ketones is 1. The van der Waals surface area contributed by atoms with E-state index < -0.39 is 0 Å². The largest absolute Gasteiger partial charge is 0.359 e. The average molecular weight is 198 g/mol. The number of hydrogen-bond acceptors (Lipinski definition) is 3. The second kappa shape index (κ2) is 3.63. The van der Waals surface area contributed by atoms with Crippen molar-refractivity contribution in [3.63, 3.8) is 0 Å². The second-order valence-electron chi connectivity index (χ2n) is 4.83. The SMILES string of the molecule is COCO[C@H]1CC[C@@]2(C)CC(=O)C[C@@H]12. The minimum absolute atomic E-state index is 0.218. The van der Waals surface area contributed by atoms with Crippen LogP contribution in [0, 0.1) is 11.3 Å². The molecule has 0 aromatic heterocycles. The van der Waals surface area contributed by atoms with E-state index in [0.717, 1.165) is 19.3 Å². The molecule has 0 bridgehead atoms. The number of methoxy groups -OCH3 is 1. The van der Waals surface area contributed by atoms with Crippen molar-refractivity contribution in [3.8, 4) is 0 Å². The van der Waals surface area contributed by atoms with Gasteiger partial charge in [-0.1, -0.05) is 6.92 Å². The van der Waals surface area contributed by atoms with Crippen molar-refractivity contribution in [2.75, 3.05) is 13.9 Å². The predicted octanol–water partition coefficient (Wildman–Crippen LogP) is 1.75. The highest BCUT2D eigenvalue weighted by molar-refractivity contribution is 5.82. The maximum absolute atomic E-state index is 11.4. The van der Waals surface area contributed by atoms with Gasteiger partial charge in [-0.2, -0.15) is 0 Å². The lowest BCUT2D eigenvalue weighted by Gasteiger charge is -2.25. The van der Waals surface area contributed by atoms with Gasteiger partial charge < -0.3 is 9.47 Å². The highest BCUT2D eigenvalue weighted by Gasteiger charge is 2.51. The molecular weight excluding hydrogens is 180 g/mol. The molecule has 2 rings (SSSR count). The van der Waals surface area contributed by atoms with Crippen molar-refractivity contribution in [2.24, 2.45) is 11.3 Å². The van der Waals surface area contributed by atoms with Gasteiger partial charge in [0.1, 0.15) is 12.6 Å². The fourth-order valence-corrected chi connectivity index (χ4v) is 3.03. The Morgan fingerprint density at radius 2 is 2.36 bits per heavy atom. The number of hydrogen-bond donors (Lipinski definition) is 0. The number of carbonyl (C=O) groups excluding carboxylic acids is 1. The van der Waals surface area contributed by atoms with Crippen LogP contribution >= 0.6 is 0 Å². The number of carbonyl (C=O) groups is 1. The zero-order valence-electron chi connectivity index (χ0n) is 8.91. The van der Waals surface area contributed by atoms with E-state index in [-0.39, 0.29) is 11.5 Å². The lowest BCUT2D eigenvalue weighted by Crippen LogP contribution is -2.25. The van der Waals surface area contributed by atoms with Gasteiger partial charge in [-0.05, 0) is 24.2 Å². The number of rotatable bonds is 3. The van der Waals surface area contributed by atoms with Crippen LogP contribution < -0.4 is 0 Å². The molecule has 2 aliphatic carbocycles. The van der Waals surface area contributed by atoms with Crippen LogP contribution in [0.3, 0.4) is 0 Å². The fourth-order valence-electron chi connectivity index (χ4n) is 3.03. The van der Waals surface area contributed by atoms with Crippen LogP contribution in [0.15, 0.2) is 0 Å². The fraction of sp³-hybridized carbons (Fsp3) is 0.909. The normalized spacial score (nSPS) is 41.7. The van der Waals surface area contributed by atoms with Gasteiger partial charge in [0.05, 0.1) is 6.10 Å². The third-order valence-corrected chi connectivity index (χ3v) is 3.79. The summed E-state index contributed by atoms with van der Waals surface area (Å²) in [6, 6.07) is 0. The minimum atomic E-state index is 0.218. The Labute approximate surface area is 84.8 Å². The van der Waals surface area contributed by atoms with E-state index in [9.17, 15) is 4.79 Å². The standard InChI is InChI=1S/C11H18O3/c1-11-4-3-10(14-7-13-2)9(11)5-8(12)6-11/h9-10H,3-7H2,1-2H3/t9-,10-,11-/m0/s1. The van der Waals surface area contributed by atoms with E-state index in [4.69, 9.17) is 9.47 Å². The third kappa shape index (κ3) is 1.59. The van der Waals surface area contributed by atoms with E-state index in [1.54, 1.807) is 7.11 Å². The molecule has 2 fully saturated rings. The monoisotopic (exact) mass is 198 g/mol. The molecule has 2 aliphatic rings. The molecule has 0 aromatic rings. The number of ether oxygens (including phenoxy) is 2. The van der Waals surface area contributed by atoms with Crippen LogP contribution in [0.2, 0.25) is 0 Å². The first-order valence-electron chi connectivity index (χ1n) is 5.28. The number of fused-ring (bicyclic) bond motifs is 1. The first-order chi connectivity index (χ1) is 6.65. The molecule has 0 N–H and O–H groups in total. The van der Waals surface area contributed by atoms with Crippen molar-refractivity contribution < 1.29 is 14.3 Å². The molecule has 3 atom stereocenters. The van der Waals surface area contributed by atoms with E-state index in [0.29, 0.717) is 24.9 Å². The Bertz CT molecular complexity index is 239. The Morgan fingerprint density at radius 3 is 3.07 bits per heavy atom. The van der Waals surface area contributed by atoms with Crippen LogP contribution in [-0.2, 0) is 14.3 Å². The molecule has 0 aromatic carbocycles. The summed E-state index contributed by atoms with van der Waals surface area (Å²) in [4.78, 5) is 11.4. The number of Topliss-reactive ketones (excluding diaryl/α,β-unsaturated/α-hetero) is 1. The zero-order valence-corrected chi connectivity index (χ0v) is 8.91. The van der Waals surface area contributed by atoms with Gasteiger partial charge in [0.15, 0.2) is 0 Å². The summed E-state index contributed by atoms with van der Waals surface area (Å²) in [5.41, 5.74) is 0.218. The van der Waals surface area contributed by atoms with Crippen LogP contribution in [0.4, 0.5) is 0 Å². The molecule has 0 heterocycles. The Hall–Kier alpha value is -0.410. The molecule has 0 unspecified atom stereocenters. The summed E-state index contributed by atoms with van der Waals surface area (Å²) >= 11 is 0. The second-order valence-corrected chi connectivity index (χ2v) is 4.83. The van der Waals surface area contributed by atoms with Gasteiger partial charge in [0, 0.05) is 20.0 Å². The lowest BCUT2D eigenvalue weighted by atomic mass is 9.82. The third-order valence-electron chi connectivity index (χ3n) is 3.79. The molecule has 0 spiro atoms. The van der Waals surface area contributed by atoms with Crippen LogP contribution in [0.25, 0.3) is 0 Å². The summed E-state index contributed by atoms with van der Waals surface area (Å²) in [5.74, 6) is 0.841. The minimum Gasteiger partial charge on any atom is -0.359 e. The van der Waals surface area contributed by atoms with Crippen molar-refractivity contribution in [2.45, 2.75) is 38.7 Å². The Balaban J connectivity index is 2.00. The zero-order chi connectivity index (χ0) is 10.2. The lowest BCUT2D eigenvalue weighted by molar-refractivity contribution is -0.119. The maximum Gasteiger partial charge on any atom is 0.146 e. The topological polar surface area (TPSA) is 35.5 Å². The highest BCUT2D eigenvalue weighted by Crippen LogP contribution is 2.53. The van der Waals surface area contributed by atoms with E-state index in [1.807, 2.05) is 0 Å². The molecule has 3 nitrogen and oxygen atoms in total. The highest BCUT2D eigenvalue weighted by atomic mass is 16.7. The van der Waals surface area contributed by atoms with Gasteiger partial charge in [0.25, 0.3) is 0 Å². The quantitative estimate of drug-likeness (QED) is 0.648. The van der Waals surface area contributed by atoms with Gasteiger partial charge >= 0.3 is 0 Å². The molecular formula is C11H18O3. The summed E-state index contributed by atoms with van der Waals surface area (Å²) in [5, 5.41) is 0. The van der Waals surface area contributed by atoms with Crippen LogP contribution in [0.1, 0.15) is 32.6 Å². The van der Waals surface area contributed by atoms with Crippen molar-refractivity contribution in [1.29, 1.82) is 0 Å². The molecule has 14 heavy (non-hydrogen) atoms. The predicted molar refractivity (Wildman–Crippen MR) is 51.8 cm³/mol. The average Bonchev–Trinajstić information content (AvgIpc) is 2.56. The molecule has 0 aliphatic heterocycles. The van der Waals surface area contributed by atoms with Crippen LogP contribution in [-0.4, -0.2) is 25.8 Å². The van der Waals surface area contributed by atoms with Gasteiger partial charge in [0.2, 0.25) is 0 Å². The van der Waals surface area contributed by atoms with E-state index >= 15 is 0 Å². The molecule has 2 saturated carbocycles. The maximum atomic E-state index is 11.4. The summed E-state index contributed by atoms with van der Waals surface area (Å²) in [6.07, 6.45) is 3.91. The molecule has 80 valence electrons. The first kappa shape index (κ1) is 10.1. The van der Waals surface area contributed by atoms with E-state index in [2.05, 4.69) is 6.92 Å². The van der Waals surface area contributed by atoms with Gasteiger partial charge in [-0.3, -0.25) is 4.79 Å². The van der Waals surface area contributed by atoms with Crippen molar-refractivity contribution in [1.82, 2.24) is 0 Å². The first-order valence-corrected chi connectivity index (χ1v) is 5.28. The van der Waals surface area contributed by atoms with Gasteiger partial charge in [-0.15, -0.1) is 0 Å². The molecule has 0 radical (unpaired) electrons. The Kier molecular flexibility index (Phi) is 2.62. The molecule has 0 saturated heterocycles. The van der Waals surface area contributed by atoms with Crippen molar-refractivity contribution >= 4 is 5.78 Å². The summed E-state index contributed by atoms with van der Waals surface area (Å²) < 4.78 is 10.5. The summed E-state index contributed by atoms with van der Waals surface area (Å²) in [6.45, 7) is 2.57. The van der Waals surface area contributed by atoms with Gasteiger partial charge in [-0.25, -0.2) is 0 Å². The smallest absolute Gasteiger partial charge is 0.146 e.